The van der Waals surface area contributed by atoms with E-state index in [0.717, 1.165) is 17.7 Å². The maximum Gasteiger partial charge on any atom is 0.246 e. The van der Waals surface area contributed by atoms with E-state index in [-0.39, 0.29) is 36.0 Å². The zero-order valence-corrected chi connectivity index (χ0v) is 18.8. The first-order valence-corrected chi connectivity index (χ1v) is 10.0. The Morgan fingerprint density at radius 2 is 1.83 bits per heavy atom. The lowest BCUT2D eigenvalue weighted by molar-refractivity contribution is -0.142. The van der Waals surface area contributed by atoms with E-state index < -0.39 is 18.1 Å². The van der Waals surface area contributed by atoms with Gasteiger partial charge in [0.25, 0.3) is 0 Å². The molecule has 1 aromatic carbocycles. The summed E-state index contributed by atoms with van der Waals surface area (Å²) in [7, 11) is 1.60. The molecule has 168 valence electrons. The zero-order valence-electron chi connectivity index (χ0n) is 18.0. The first kappa shape index (κ1) is 25.7. The van der Waals surface area contributed by atoms with Crippen molar-refractivity contribution in [2.24, 2.45) is 11.7 Å². The van der Waals surface area contributed by atoms with Crippen LogP contribution in [0.25, 0.3) is 0 Å². The van der Waals surface area contributed by atoms with Crippen molar-refractivity contribution in [3.63, 3.8) is 0 Å². The van der Waals surface area contributed by atoms with E-state index in [1.807, 2.05) is 38.1 Å². The molecule has 0 aliphatic carbocycles. The van der Waals surface area contributed by atoms with Gasteiger partial charge in [-0.2, -0.15) is 0 Å². The summed E-state index contributed by atoms with van der Waals surface area (Å²) in [6.45, 7) is 6.16. The molecule has 0 bridgehead atoms. The van der Waals surface area contributed by atoms with E-state index in [1.165, 1.54) is 0 Å². The number of ether oxygens (including phenoxy) is 1. The van der Waals surface area contributed by atoms with E-state index >= 15 is 0 Å². The van der Waals surface area contributed by atoms with Gasteiger partial charge < -0.3 is 26.0 Å². The maximum absolute atomic E-state index is 13.1. The summed E-state index contributed by atoms with van der Waals surface area (Å²) in [6.07, 6.45) is 1.35. The van der Waals surface area contributed by atoms with Crippen LogP contribution in [-0.4, -0.2) is 54.4 Å². The minimum absolute atomic E-state index is 0. The van der Waals surface area contributed by atoms with Crippen LogP contribution in [-0.2, 0) is 20.9 Å². The smallest absolute Gasteiger partial charge is 0.246 e. The quantitative estimate of drug-likeness (QED) is 0.562. The van der Waals surface area contributed by atoms with Crippen molar-refractivity contribution >= 4 is 30.1 Å². The summed E-state index contributed by atoms with van der Waals surface area (Å²) in [5, 5.41) is 5.63. The van der Waals surface area contributed by atoms with Crippen LogP contribution in [0.4, 0.5) is 0 Å². The van der Waals surface area contributed by atoms with Crippen molar-refractivity contribution in [3.8, 4) is 5.75 Å². The number of nitrogens with two attached hydrogens (primary N) is 1. The average Bonchev–Trinajstić information content (AvgIpc) is 3.19. The maximum atomic E-state index is 13.1. The van der Waals surface area contributed by atoms with Crippen molar-refractivity contribution in [2.45, 2.75) is 58.3 Å². The molecule has 30 heavy (non-hydrogen) atoms. The molecule has 0 spiro atoms. The Morgan fingerprint density at radius 3 is 2.37 bits per heavy atom. The molecule has 3 amide bonds. The minimum atomic E-state index is -0.705. The lowest BCUT2D eigenvalue weighted by Crippen LogP contribution is -2.56. The van der Waals surface area contributed by atoms with Gasteiger partial charge in [0, 0.05) is 13.1 Å². The Morgan fingerprint density at radius 1 is 1.20 bits per heavy atom. The van der Waals surface area contributed by atoms with Gasteiger partial charge in [0.1, 0.15) is 17.8 Å². The van der Waals surface area contributed by atoms with Gasteiger partial charge in [0.2, 0.25) is 17.7 Å². The Hall–Kier alpha value is -2.32. The van der Waals surface area contributed by atoms with Gasteiger partial charge in [-0.25, -0.2) is 0 Å². The first-order chi connectivity index (χ1) is 13.7. The number of carbonyl (C=O) groups excluding carboxylic acids is 3. The molecule has 2 rings (SSSR count). The number of likely N-dealkylation sites (tertiary alicyclic amines) is 1. The molecule has 3 atom stereocenters. The molecule has 1 fully saturated rings. The monoisotopic (exact) mass is 440 g/mol. The van der Waals surface area contributed by atoms with Gasteiger partial charge in [-0.15, -0.1) is 12.4 Å². The van der Waals surface area contributed by atoms with Crippen LogP contribution in [0.5, 0.6) is 5.75 Å². The summed E-state index contributed by atoms with van der Waals surface area (Å²) >= 11 is 0. The van der Waals surface area contributed by atoms with Crippen LogP contribution in [0.2, 0.25) is 0 Å². The van der Waals surface area contributed by atoms with Crippen LogP contribution < -0.4 is 21.1 Å². The highest BCUT2D eigenvalue weighted by atomic mass is 35.5. The topological polar surface area (TPSA) is 114 Å². The number of rotatable bonds is 8. The first-order valence-electron chi connectivity index (χ1n) is 10.0. The fraction of sp³-hybridized carbons (Fsp3) is 0.571. The third-order valence-corrected chi connectivity index (χ3v) is 5.11. The second-order valence-corrected chi connectivity index (χ2v) is 7.77. The van der Waals surface area contributed by atoms with E-state index in [2.05, 4.69) is 10.6 Å². The fourth-order valence-corrected chi connectivity index (χ4v) is 3.33. The zero-order chi connectivity index (χ0) is 21.6. The fourth-order valence-electron chi connectivity index (χ4n) is 3.33. The second kappa shape index (κ2) is 11.8. The van der Waals surface area contributed by atoms with Crippen LogP contribution in [0.15, 0.2) is 24.3 Å². The average molecular weight is 441 g/mol. The van der Waals surface area contributed by atoms with Crippen molar-refractivity contribution in [1.29, 1.82) is 0 Å². The number of methoxy groups -OCH3 is 1. The number of halogens is 1. The van der Waals surface area contributed by atoms with Gasteiger partial charge in [0.15, 0.2) is 0 Å². The SMILES string of the molecule is COc1ccc(CNC(=O)[C@@H]2CCCN2C(=O)[C@@H](NC(=O)[C@H](C)N)C(C)C)cc1.Cl. The summed E-state index contributed by atoms with van der Waals surface area (Å²) in [5.74, 6) is -0.171. The van der Waals surface area contributed by atoms with Crippen LogP contribution in [0, 0.1) is 5.92 Å². The van der Waals surface area contributed by atoms with E-state index in [9.17, 15) is 14.4 Å². The molecule has 0 unspecified atom stereocenters. The number of nitrogens with one attached hydrogen (secondary N) is 2. The van der Waals surface area contributed by atoms with Crippen LogP contribution in [0.3, 0.4) is 0 Å². The van der Waals surface area contributed by atoms with Crippen molar-refractivity contribution < 1.29 is 19.1 Å². The summed E-state index contributed by atoms with van der Waals surface area (Å²) in [4.78, 5) is 39.4. The second-order valence-electron chi connectivity index (χ2n) is 7.77. The van der Waals surface area contributed by atoms with Crippen molar-refractivity contribution in [2.75, 3.05) is 13.7 Å². The number of carbonyl (C=O) groups is 3. The van der Waals surface area contributed by atoms with E-state index in [4.69, 9.17) is 10.5 Å². The van der Waals surface area contributed by atoms with Gasteiger partial charge in [0.05, 0.1) is 13.2 Å². The third-order valence-electron chi connectivity index (χ3n) is 5.11. The molecule has 0 saturated carbocycles. The van der Waals surface area contributed by atoms with Gasteiger partial charge in [-0.3, -0.25) is 14.4 Å². The molecule has 9 heteroatoms. The molecular formula is C21H33ClN4O4. The Kier molecular flexibility index (Phi) is 10.1. The third kappa shape index (κ3) is 6.60. The Bertz CT molecular complexity index is 724. The molecule has 1 aromatic rings. The molecule has 1 heterocycles. The standard InChI is InChI=1S/C21H32N4O4.ClH/c1-13(2)18(24-19(26)14(3)22)21(28)25-11-5-6-17(25)20(27)23-12-15-7-9-16(29-4)10-8-15;/h7-10,13-14,17-18H,5-6,11-12,22H2,1-4H3,(H,23,27)(H,24,26);1H/t14-,17-,18-;/m0./s1. The molecule has 1 saturated heterocycles. The number of amides is 3. The highest BCUT2D eigenvalue weighted by Gasteiger charge is 2.38. The predicted molar refractivity (Wildman–Crippen MR) is 117 cm³/mol. The van der Waals surface area contributed by atoms with E-state index in [1.54, 1.807) is 18.9 Å². The highest BCUT2D eigenvalue weighted by molar-refractivity contribution is 5.93. The number of hydrogen-bond acceptors (Lipinski definition) is 5. The van der Waals surface area contributed by atoms with Crippen LogP contribution >= 0.6 is 12.4 Å². The van der Waals surface area contributed by atoms with Gasteiger partial charge in [-0.1, -0.05) is 26.0 Å². The number of benzene rings is 1. The molecule has 0 radical (unpaired) electrons. The summed E-state index contributed by atoms with van der Waals surface area (Å²) < 4.78 is 5.13. The summed E-state index contributed by atoms with van der Waals surface area (Å²) in [5.41, 5.74) is 6.56. The molecule has 8 nitrogen and oxygen atoms in total. The normalized spacial score (nSPS) is 17.7. The summed E-state index contributed by atoms with van der Waals surface area (Å²) in [6, 6.07) is 5.50. The van der Waals surface area contributed by atoms with Gasteiger partial charge in [-0.05, 0) is 43.4 Å². The highest BCUT2D eigenvalue weighted by Crippen LogP contribution is 2.21. The number of hydrogen-bond donors (Lipinski definition) is 3. The van der Waals surface area contributed by atoms with Crippen molar-refractivity contribution in [3.05, 3.63) is 29.8 Å². The van der Waals surface area contributed by atoms with Crippen molar-refractivity contribution in [1.82, 2.24) is 15.5 Å². The Labute approximate surface area is 184 Å². The van der Waals surface area contributed by atoms with Crippen LogP contribution in [0.1, 0.15) is 39.2 Å². The van der Waals surface area contributed by atoms with E-state index in [0.29, 0.717) is 19.5 Å². The molecule has 1 aliphatic heterocycles. The molecule has 1 aliphatic rings. The molecule has 4 N–H and O–H groups in total. The lowest BCUT2D eigenvalue weighted by Gasteiger charge is -2.30. The molecule has 0 aromatic heterocycles. The largest absolute Gasteiger partial charge is 0.497 e. The number of nitrogens with zero attached hydrogens (tertiary/aromatic N) is 1. The minimum Gasteiger partial charge on any atom is -0.497 e. The molecular weight excluding hydrogens is 408 g/mol. The Balaban J connectivity index is 0.00000450. The lowest BCUT2D eigenvalue weighted by atomic mass is 10.0. The predicted octanol–water partition coefficient (Wildman–Crippen LogP) is 1.21. The van der Waals surface area contributed by atoms with Gasteiger partial charge >= 0.3 is 0 Å².